The minimum atomic E-state index is -3.59. The predicted octanol–water partition coefficient (Wildman–Crippen LogP) is 4.49. The van der Waals surface area contributed by atoms with Crippen LogP contribution >= 0.6 is 0 Å². The lowest BCUT2D eigenvalue weighted by molar-refractivity contribution is 0.209. The number of aromatic nitrogens is 1. The molecule has 0 saturated carbocycles. The molecule has 0 unspecified atom stereocenters. The number of ether oxygens (including phenoxy) is 2. The molecule has 2 aliphatic heterocycles. The van der Waals surface area contributed by atoms with Gasteiger partial charge in [-0.25, -0.2) is 8.42 Å². The van der Waals surface area contributed by atoms with Crippen molar-refractivity contribution in [1.29, 1.82) is 0 Å². The number of likely N-dealkylation sites (tertiary alicyclic amines) is 1. The highest BCUT2D eigenvalue weighted by Gasteiger charge is 2.31. The van der Waals surface area contributed by atoms with E-state index in [1.807, 2.05) is 19.9 Å². The molecular formula is C27H36N4O5S. The van der Waals surface area contributed by atoms with Crippen molar-refractivity contribution in [3.05, 3.63) is 42.0 Å². The highest BCUT2D eigenvalue weighted by molar-refractivity contribution is 7.89. The number of fused-ring (bicyclic) bond motifs is 1. The van der Waals surface area contributed by atoms with Gasteiger partial charge in [0.25, 0.3) is 6.01 Å². The molecule has 9 nitrogen and oxygen atoms in total. The second kappa shape index (κ2) is 11.3. The second-order valence-corrected chi connectivity index (χ2v) is 11.5. The van der Waals surface area contributed by atoms with Crippen LogP contribution in [0.15, 0.2) is 45.7 Å². The summed E-state index contributed by atoms with van der Waals surface area (Å²) < 4.78 is 45.2. The normalized spacial score (nSPS) is 17.9. The zero-order chi connectivity index (χ0) is 25.8. The number of hydrogen-bond donors (Lipinski definition) is 1. The molecule has 0 radical (unpaired) electrons. The van der Waals surface area contributed by atoms with Gasteiger partial charge in [-0.3, -0.25) is 4.90 Å². The van der Waals surface area contributed by atoms with E-state index in [1.54, 1.807) is 18.2 Å². The largest absolute Gasteiger partial charge is 0.494 e. The van der Waals surface area contributed by atoms with Crippen molar-refractivity contribution in [2.75, 3.05) is 44.7 Å². The number of rotatable bonds is 10. The van der Waals surface area contributed by atoms with Crippen LogP contribution in [-0.4, -0.2) is 68.0 Å². The number of piperidine rings is 1. The van der Waals surface area contributed by atoms with Crippen molar-refractivity contribution in [3.8, 4) is 11.5 Å². The number of nitrogens with zero attached hydrogens (tertiary/aromatic N) is 3. The first-order valence-electron chi connectivity index (χ1n) is 13.2. The first-order valence-corrected chi connectivity index (χ1v) is 14.7. The molecule has 10 heteroatoms. The number of benzene rings is 2. The van der Waals surface area contributed by atoms with Gasteiger partial charge in [0, 0.05) is 44.8 Å². The molecule has 5 rings (SSSR count). The van der Waals surface area contributed by atoms with Gasteiger partial charge in [-0.2, -0.15) is 9.29 Å². The number of nitrogens with one attached hydrogen (secondary N) is 1. The van der Waals surface area contributed by atoms with Crippen LogP contribution in [0.5, 0.6) is 11.5 Å². The molecule has 2 fully saturated rings. The molecule has 3 heterocycles. The molecule has 0 amide bonds. The molecule has 3 aromatic rings. The fourth-order valence-electron chi connectivity index (χ4n) is 5.15. The van der Waals surface area contributed by atoms with Crippen LogP contribution in [0.4, 0.5) is 6.01 Å². The van der Waals surface area contributed by atoms with E-state index in [-0.39, 0.29) is 10.9 Å². The van der Waals surface area contributed by atoms with Crippen molar-refractivity contribution in [2.45, 2.75) is 57.0 Å². The Morgan fingerprint density at radius 3 is 2.32 bits per heavy atom. The maximum atomic E-state index is 13.1. The van der Waals surface area contributed by atoms with E-state index in [1.165, 1.54) is 9.87 Å². The van der Waals surface area contributed by atoms with Crippen molar-refractivity contribution in [1.82, 2.24) is 14.2 Å². The molecule has 0 aliphatic carbocycles. The SMILES string of the molecule is CCOc1cc(CN2CCC(Nc3nc4cccc(S(=O)(=O)N5CCCC5)c4o3)CC2)cc(OCC)c1. The lowest BCUT2D eigenvalue weighted by atomic mass is 10.0. The Balaban J connectivity index is 1.22. The zero-order valence-corrected chi connectivity index (χ0v) is 22.4. The Labute approximate surface area is 218 Å². The fraction of sp³-hybridized carbons (Fsp3) is 0.519. The van der Waals surface area contributed by atoms with Gasteiger partial charge < -0.3 is 19.2 Å². The minimum absolute atomic E-state index is 0.197. The molecule has 0 bridgehead atoms. The Bertz CT molecular complexity index is 1290. The number of oxazole rings is 1. The zero-order valence-electron chi connectivity index (χ0n) is 21.6. The monoisotopic (exact) mass is 528 g/mol. The molecule has 2 aromatic carbocycles. The van der Waals surface area contributed by atoms with Crippen LogP contribution < -0.4 is 14.8 Å². The standard InChI is InChI=1S/C27H36N4O5S/c1-3-34-22-16-20(17-23(18-22)35-4-2)19-30-14-10-21(11-15-30)28-27-29-24-8-7-9-25(26(24)36-27)37(32,33)31-12-5-6-13-31/h7-9,16-18,21H,3-6,10-15,19H2,1-2H3,(H,28,29). The summed E-state index contributed by atoms with van der Waals surface area (Å²) in [4.78, 5) is 7.17. The summed E-state index contributed by atoms with van der Waals surface area (Å²) in [5.41, 5.74) is 2.06. The molecule has 37 heavy (non-hydrogen) atoms. The van der Waals surface area contributed by atoms with Crippen molar-refractivity contribution >= 4 is 27.1 Å². The lowest BCUT2D eigenvalue weighted by Gasteiger charge is -2.32. The first-order chi connectivity index (χ1) is 18.0. The molecule has 1 aromatic heterocycles. The fourth-order valence-corrected chi connectivity index (χ4v) is 6.79. The molecule has 0 spiro atoms. The Morgan fingerprint density at radius 1 is 1.00 bits per heavy atom. The van der Waals surface area contributed by atoms with Gasteiger partial charge in [-0.05, 0) is 69.4 Å². The number of anilines is 1. The Kier molecular flexibility index (Phi) is 7.87. The summed E-state index contributed by atoms with van der Waals surface area (Å²) in [6, 6.07) is 11.8. The summed E-state index contributed by atoms with van der Waals surface area (Å²) in [5.74, 6) is 1.67. The van der Waals surface area contributed by atoms with Crippen LogP contribution in [0, 0.1) is 0 Å². The summed E-state index contributed by atoms with van der Waals surface area (Å²) in [6.07, 6.45) is 3.65. The van der Waals surface area contributed by atoms with Crippen LogP contribution in [0.3, 0.4) is 0 Å². The Hall–Kier alpha value is -2.82. The third kappa shape index (κ3) is 5.86. The van der Waals surface area contributed by atoms with E-state index in [0.29, 0.717) is 43.4 Å². The summed E-state index contributed by atoms with van der Waals surface area (Å²) in [6.45, 7) is 8.99. The maximum absolute atomic E-state index is 13.1. The summed E-state index contributed by atoms with van der Waals surface area (Å²) in [7, 11) is -3.59. The van der Waals surface area contributed by atoms with E-state index in [2.05, 4.69) is 27.3 Å². The van der Waals surface area contributed by atoms with Crippen LogP contribution in [-0.2, 0) is 16.6 Å². The van der Waals surface area contributed by atoms with Gasteiger partial charge in [0.05, 0.1) is 13.2 Å². The first kappa shape index (κ1) is 25.8. The predicted molar refractivity (Wildman–Crippen MR) is 143 cm³/mol. The number of sulfonamides is 1. The lowest BCUT2D eigenvalue weighted by Crippen LogP contribution is -2.38. The van der Waals surface area contributed by atoms with E-state index in [4.69, 9.17) is 13.9 Å². The van der Waals surface area contributed by atoms with E-state index in [0.717, 1.165) is 56.8 Å². The molecule has 1 N–H and O–H groups in total. The third-order valence-corrected chi connectivity index (χ3v) is 8.87. The van der Waals surface area contributed by atoms with Crippen LogP contribution in [0.1, 0.15) is 45.1 Å². The van der Waals surface area contributed by atoms with E-state index < -0.39 is 10.0 Å². The number of para-hydroxylation sites is 1. The van der Waals surface area contributed by atoms with Gasteiger partial charge in [0.1, 0.15) is 21.9 Å². The van der Waals surface area contributed by atoms with Gasteiger partial charge in [0.15, 0.2) is 5.58 Å². The van der Waals surface area contributed by atoms with Gasteiger partial charge in [-0.15, -0.1) is 0 Å². The maximum Gasteiger partial charge on any atom is 0.295 e. The van der Waals surface area contributed by atoms with E-state index in [9.17, 15) is 8.42 Å². The van der Waals surface area contributed by atoms with Gasteiger partial charge >= 0.3 is 0 Å². The summed E-state index contributed by atoms with van der Waals surface area (Å²) in [5, 5.41) is 3.40. The smallest absolute Gasteiger partial charge is 0.295 e. The second-order valence-electron chi connectivity index (χ2n) is 9.61. The molecule has 0 atom stereocenters. The highest BCUT2D eigenvalue weighted by Crippen LogP contribution is 2.31. The van der Waals surface area contributed by atoms with Gasteiger partial charge in [-0.1, -0.05) is 6.07 Å². The minimum Gasteiger partial charge on any atom is -0.494 e. The average Bonchev–Trinajstić information content (AvgIpc) is 3.56. The quantitative estimate of drug-likeness (QED) is 0.411. The van der Waals surface area contributed by atoms with Crippen molar-refractivity contribution in [3.63, 3.8) is 0 Å². The van der Waals surface area contributed by atoms with Crippen molar-refractivity contribution in [2.24, 2.45) is 0 Å². The molecule has 2 aliphatic rings. The summed E-state index contributed by atoms with van der Waals surface area (Å²) >= 11 is 0. The van der Waals surface area contributed by atoms with E-state index >= 15 is 0 Å². The third-order valence-electron chi connectivity index (χ3n) is 6.94. The van der Waals surface area contributed by atoms with Crippen molar-refractivity contribution < 1.29 is 22.3 Å². The number of hydrogen-bond acceptors (Lipinski definition) is 8. The molecular weight excluding hydrogens is 492 g/mol. The highest BCUT2D eigenvalue weighted by atomic mass is 32.2. The molecule has 2 saturated heterocycles. The average molecular weight is 529 g/mol. The molecule has 200 valence electrons. The van der Waals surface area contributed by atoms with Crippen LogP contribution in [0.25, 0.3) is 11.1 Å². The van der Waals surface area contributed by atoms with Gasteiger partial charge in [0.2, 0.25) is 10.0 Å². The topological polar surface area (TPSA) is 97.1 Å². The Morgan fingerprint density at radius 2 is 1.68 bits per heavy atom. The van der Waals surface area contributed by atoms with Crippen LogP contribution in [0.2, 0.25) is 0 Å².